The Morgan fingerprint density at radius 3 is 2.61 bits per heavy atom. The molecule has 1 unspecified atom stereocenters. The molecule has 18 heavy (non-hydrogen) atoms. The van der Waals surface area contributed by atoms with E-state index in [2.05, 4.69) is 20.9 Å². The van der Waals surface area contributed by atoms with Crippen molar-refractivity contribution in [2.45, 2.75) is 18.2 Å². The maximum Gasteiger partial charge on any atom is 0.269 e. The van der Waals surface area contributed by atoms with Gasteiger partial charge in [-0.05, 0) is 18.9 Å². The number of thiazole rings is 1. The van der Waals surface area contributed by atoms with Crippen molar-refractivity contribution in [2.24, 2.45) is 0 Å². The molecular formula is C12H11BrN2O2S. The van der Waals surface area contributed by atoms with Crippen molar-refractivity contribution >= 4 is 33.0 Å². The maximum absolute atomic E-state index is 10.5. The van der Waals surface area contributed by atoms with Gasteiger partial charge in [0, 0.05) is 23.2 Å². The largest absolute Gasteiger partial charge is 0.269 e. The molecule has 94 valence electrons. The highest BCUT2D eigenvalue weighted by Gasteiger charge is 2.12. The molecule has 2 rings (SSSR count). The lowest BCUT2D eigenvalue weighted by Gasteiger charge is -2.06. The van der Waals surface area contributed by atoms with E-state index in [-0.39, 0.29) is 15.4 Å². The van der Waals surface area contributed by atoms with Gasteiger partial charge in [-0.1, -0.05) is 28.1 Å². The predicted octanol–water partition coefficient (Wildman–Crippen LogP) is 4.04. The Hall–Kier alpha value is -1.27. The van der Waals surface area contributed by atoms with E-state index in [0.717, 1.165) is 17.0 Å². The molecule has 0 bridgehead atoms. The molecule has 0 radical (unpaired) electrons. The van der Waals surface area contributed by atoms with Crippen LogP contribution in [0.15, 0.2) is 30.5 Å². The molecule has 0 fully saturated rings. The Balaban J connectivity index is 2.07. The number of benzene rings is 1. The van der Waals surface area contributed by atoms with E-state index < -0.39 is 0 Å². The number of non-ortho nitro benzene ring substituents is 1. The van der Waals surface area contributed by atoms with Gasteiger partial charge in [0.2, 0.25) is 0 Å². The zero-order valence-corrected chi connectivity index (χ0v) is 12.1. The van der Waals surface area contributed by atoms with E-state index in [1.54, 1.807) is 23.5 Å². The molecule has 0 saturated carbocycles. The summed E-state index contributed by atoms with van der Waals surface area (Å²) in [5.41, 5.74) is 1.19. The number of hydrogen-bond donors (Lipinski definition) is 0. The van der Waals surface area contributed by atoms with E-state index >= 15 is 0 Å². The summed E-state index contributed by atoms with van der Waals surface area (Å²) in [6, 6.07) is 6.65. The van der Waals surface area contributed by atoms with Crippen LogP contribution in [0.4, 0.5) is 5.69 Å². The summed E-state index contributed by atoms with van der Waals surface area (Å²) < 4.78 is 0. The van der Waals surface area contributed by atoms with Crippen LogP contribution < -0.4 is 0 Å². The molecule has 1 aromatic heterocycles. The lowest BCUT2D eigenvalue weighted by Crippen LogP contribution is -1.94. The van der Waals surface area contributed by atoms with Gasteiger partial charge in [0.05, 0.1) is 14.8 Å². The van der Waals surface area contributed by atoms with Gasteiger partial charge in [0.15, 0.2) is 0 Å². The van der Waals surface area contributed by atoms with E-state index in [0.29, 0.717) is 0 Å². The highest BCUT2D eigenvalue weighted by molar-refractivity contribution is 9.09. The molecule has 0 N–H and O–H groups in total. The average Bonchev–Trinajstić information content (AvgIpc) is 2.76. The topological polar surface area (TPSA) is 56.0 Å². The fourth-order valence-electron chi connectivity index (χ4n) is 1.58. The molecule has 1 heterocycles. The van der Waals surface area contributed by atoms with Gasteiger partial charge in [-0.2, -0.15) is 0 Å². The van der Waals surface area contributed by atoms with Gasteiger partial charge >= 0.3 is 0 Å². The standard InChI is InChI=1S/C12H11BrN2O2S/c1-8-14-7-12(18-8)11(13)6-9-2-4-10(5-3-9)15(16)17/h2-5,7,11H,6H2,1H3. The Morgan fingerprint density at radius 1 is 1.44 bits per heavy atom. The van der Waals surface area contributed by atoms with Crippen LogP contribution in [0, 0.1) is 17.0 Å². The first-order valence-corrected chi connectivity index (χ1v) is 7.09. The van der Waals surface area contributed by atoms with Crippen molar-refractivity contribution in [3.63, 3.8) is 0 Å². The third-order valence-corrected chi connectivity index (χ3v) is 4.66. The summed E-state index contributed by atoms with van der Waals surface area (Å²) in [6.07, 6.45) is 2.66. The van der Waals surface area contributed by atoms with Gasteiger partial charge in [-0.3, -0.25) is 10.1 Å². The molecule has 1 atom stereocenters. The second-order valence-corrected chi connectivity index (χ2v) is 6.25. The summed E-state index contributed by atoms with van der Waals surface area (Å²) in [5, 5.41) is 11.6. The molecular weight excluding hydrogens is 316 g/mol. The number of rotatable bonds is 4. The fourth-order valence-corrected chi connectivity index (χ4v) is 3.12. The Labute approximate surface area is 117 Å². The zero-order chi connectivity index (χ0) is 13.1. The second kappa shape index (κ2) is 5.58. The van der Waals surface area contributed by atoms with Gasteiger partial charge < -0.3 is 0 Å². The normalized spacial score (nSPS) is 12.3. The van der Waals surface area contributed by atoms with Crippen LogP contribution >= 0.6 is 27.3 Å². The SMILES string of the molecule is Cc1ncc(C(Br)Cc2ccc([N+](=O)[O-])cc2)s1. The summed E-state index contributed by atoms with van der Waals surface area (Å²) >= 11 is 5.28. The van der Waals surface area contributed by atoms with Crippen molar-refractivity contribution in [1.82, 2.24) is 4.98 Å². The predicted molar refractivity (Wildman–Crippen MR) is 75.3 cm³/mol. The van der Waals surface area contributed by atoms with Gasteiger partial charge in [0.1, 0.15) is 0 Å². The minimum atomic E-state index is -0.387. The lowest BCUT2D eigenvalue weighted by atomic mass is 10.1. The highest BCUT2D eigenvalue weighted by atomic mass is 79.9. The number of aromatic nitrogens is 1. The summed E-state index contributed by atoms with van der Waals surface area (Å²) in [4.78, 5) is 15.7. The number of alkyl halides is 1. The third kappa shape index (κ3) is 3.14. The van der Waals surface area contributed by atoms with E-state index in [1.807, 2.05) is 13.1 Å². The molecule has 1 aromatic carbocycles. The first kappa shape index (κ1) is 13.2. The molecule has 0 spiro atoms. The molecule has 0 aliphatic rings. The smallest absolute Gasteiger partial charge is 0.258 e. The number of nitrogens with zero attached hydrogens (tertiary/aromatic N) is 2. The van der Waals surface area contributed by atoms with E-state index in [4.69, 9.17) is 0 Å². The first-order valence-electron chi connectivity index (χ1n) is 5.36. The monoisotopic (exact) mass is 326 g/mol. The van der Waals surface area contributed by atoms with Crippen LogP contribution in [0.3, 0.4) is 0 Å². The first-order chi connectivity index (χ1) is 8.56. The minimum Gasteiger partial charge on any atom is -0.258 e. The summed E-state index contributed by atoms with van der Waals surface area (Å²) in [6.45, 7) is 1.97. The molecule has 4 nitrogen and oxygen atoms in total. The second-order valence-electron chi connectivity index (χ2n) is 3.88. The zero-order valence-electron chi connectivity index (χ0n) is 9.67. The fraction of sp³-hybridized carbons (Fsp3) is 0.250. The number of nitro benzene ring substituents is 1. The molecule has 0 aliphatic heterocycles. The molecule has 0 aliphatic carbocycles. The van der Waals surface area contributed by atoms with Gasteiger partial charge in [-0.15, -0.1) is 11.3 Å². The molecule has 6 heteroatoms. The highest BCUT2D eigenvalue weighted by Crippen LogP contribution is 2.31. The van der Waals surface area contributed by atoms with Gasteiger partial charge in [0.25, 0.3) is 5.69 Å². The Kier molecular flexibility index (Phi) is 4.08. The number of halogens is 1. The van der Waals surface area contributed by atoms with E-state index in [1.165, 1.54) is 17.0 Å². The quantitative estimate of drug-likeness (QED) is 0.484. The van der Waals surface area contributed by atoms with Crippen LogP contribution in [-0.2, 0) is 6.42 Å². The van der Waals surface area contributed by atoms with Crippen LogP contribution in [0.25, 0.3) is 0 Å². The number of aryl methyl sites for hydroxylation is 1. The van der Waals surface area contributed by atoms with Crippen molar-refractivity contribution < 1.29 is 4.92 Å². The van der Waals surface area contributed by atoms with Crippen LogP contribution in [0.5, 0.6) is 0 Å². The number of hydrogen-bond acceptors (Lipinski definition) is 4. The van der Waals surface area contributed by atoms with Crippen molar-refractivity contribution in [3.8, 4) is 0 Å². The van der Waals surface area contributed by atoms with Crippen LogP contribution in [0.1, 0.15) is 20.3 Å². The Morgan fingerprint density at radius 2 is 2.11 bits per heavy atom. The molecule has 0 amide bonds. The van der Waals surface area contributed by atoms with Crippen molar-refractivity contribution in [1.29, 1.82) is 0 Å². The molecule has 2 aromatic rings. The Bertz CT molecular complexity index is 553. The van der Waals surface area contributed by atoms with Crippen LogP contribution in [0.2, 0.25) is 0 Å². The van der Waals surface area contributed by atoms with E-state index in [9.17, 15) is 10.1 Å². The van der Waals surface area contributed by atoms with Crippen LogP contribution in [-0.4, -0.2) is 9.91 Å². The van der Waals surface area contributed by atoms with Gasteiger partial charge in [-0.25, -0.2) is 4.98 Å². The summed E-state index contributed by atoms with van der Waals surface area (Å²) in [5.74, 6) is 0. The van der Waals surface area contributed by atoms with Crippen molar-refractivity contribution in [3.05, 3.63) is 56.0 Å². The summed E-state index contributed by atoms with van der Waals surface area (Å²) in [7, 11) is 0. The van der Waals surface area contributed by atoms with Crippen molar-refractivity contribution in [2.75, 3.05) is 0 Å². The third-order valence-electron chi connectivity index (χ3n) is 2.51. The average molecular weight is 327 g/mol. The molecule has 0 saturated heterocycles. The lowest BCUT2D eigenvalue weighted by molar-refractivity contribution is -0.384. The number of nitro groups is 1. The minimum absolute atomic E-state index is 0.124. The maximum atomic E-state index is 10.5.